The van der Waals surface area contributed by atoms with Gasteiger partial charge in [-0.25, -0.2) is 4.98 Å². The van der Waals surface area contributed by atoms with Crippen LogP contribution >= 0.6 is 11.8 Å². The monoisotopic (exact) mass is 285 g/mol. The van der Waals surface area contributed by atoms with Crippen LogP contribution in [0.25, 0.3) is 10.8 Å². The number of hydrogen-bond donors (Lipinski definition) is 3. The number of pyridine rings is 1. The van der Waals surface area contributed by atoms with Crippen molar-refractivity contribution < 1.29 is 0 Å². The predicted molar refractivity (Wildman–Crippen MR) is 79.5 cm³/mol. The molecule has 0 saturated carbocycles. The van der Waals surface area contributed by atoms with Crippen LogP contribution in [0.4, 0.5) is 11.5 Å². The Balaban J connectivity index is 2.06. The molecule has 0 aliphatic heterocycles. The van der Waals surface area contributed by atoms with Gasteiger partial charge >= 0.3 is 0 Å². The maximum atomic E-state index is 11.4. The zero-order valence-electron chi connectivity index (χ0n) is 10.3. The second-order valence-electron chi connectivity index (χ2n) is 4.15. The summed E-state index contributed by atoms with van der Waals surface area (Å²) < 4.78 is 0. The average molecular weight is 285 g/mol. The third kappa shape index (κ3) is 2.30. The molecule has 5 N–H and O–H groups in total. The van der Waals surface area contributed by atoms with Gasteiger partial charge in [0.2, 0.25) is 0 Å². The van der Waals surface area contributed by atoms with Crippen LogP contribution in [-0.2, 0) is 0 Å². The molecule has 0 radical (unpaired) electrons. The molecule has 3 rings (SSSR count). The molecule has 0 fully saturated rings. The molecule has 7 heteroatoms. The van der Waals surface area contributed by atoms with Crippen molar-refractivity contribution in [2.45, 2.75) is 10.1 Å². The summed E-state index contributed by atoms with van der Waals surface area (Å²) in [6.07, 6.45) is 3.44. The molecule has 0 amide bonds. The molecule has 0 bridgehead atoms. The second kappa shape index (κ2) is 4.86. The minimum absolute atomic E-state index is 0.180. The standard InChI is InChI=1S/C13H11N5OS/c14-10-5-11(19)18-13(17-10)20-9-2-1-7-6-16-4-3-8(7)12(9)15/h1-6H,15H2,(H3,14,17,18,19). The van der Waals surface area contributed by atoms with Gasteiger partial charge in [0.1, 0.15) is 5.82 Å². The van der Waals surface area contributed by atoms with E-state index in [2.05, 4.69) is 15.0 Å². The van der Waals surface area contributed by atoms with Gasteiger partial charge in [-0.3, -0.25) is 9.78 Å². The summed E-state index contributed by atoms with van der Waals surface area (Å²) in [5, 5.41) is 2.29. The third-order valence-electron chi connectivity index (χ3n) is 2.77. The smallest absolute Gasteiger partial charge is 0.253 e. The molecular formula is C13H11N5OS. The van der Waals surface area contributed by atoms with E-state index in [1.807, 2.05) is 18.2 Å². The lowest BCUT2D eigenvalue weighted by atomic mass is 10.1. The zero-order chi connectivity index (χ0) is 14.1. The van der Waals surface area contributed by atoms with Gasteiger partial charge in [-0.1, -0.05) is 6.07 Å². The van der Waals surface area contributed by atoms with Crippen molar-refractivity contribution >= 4 is 34.0 Å². The fourth-order valence-electron chi connectivity index (χ4n) is 1.87. The van der Waals surface area contributed by atoms with Gasteiger partial charge in [-0.05, 0) is 23.9 Å². The molecule has 0 atom stereocenters. The first-order valence-corrected chi connectivity index (χ1v) is 6.62. The molecule has 2 heterocycles. The number of nitrogens with two attached hydrogens (primary N) is 2. The summed E-state index contributed by atoms with van der Waals surface area (Å²) in [6.45, 7) is 0. The maximum absolute atomic E-state index is 11.4. The fraction of sp³-hybridized carbons (Fsp3) is 0. The Morgan fingerprint density at radius 3 is 2.85 bits per heavy atom. The van der Waals surface area contributed by atoms with Gasteiger partial charge in [0.05, 0.1) is 5.69 Å². The van der Waals surface area contributed by atoms with E-state index in [-0.39, 0.29) is 11.4 Å². The van der Waals surface area contributed by atoms with Crippen molar-refractivity contribution in [2.24, 2.45) is 0 Å². The van der Waals surface area contributed by atoms with E-state index in [0.29, 0.717) is 10.8 Å². The predicted octanol–water partition coefficient (Wildman–Crippen LogP) is 1.63. The highest BCUT2D eigenvalue weighted by Crippen LogP contribution is 2.34. The van der Waals surface area contributed by atoms with Gasteiger partial charge in [-0.2, -0.15) is 0 Å². The molecule has 100 valence electrons. The van der Waals surface area contributed by atoms with Crippen LogP contribution in [0.3, 0.4) is 0 Å². The van der Waals surface area contributed by atoms with Gasteiger partial charge in [0.15, 0.2) is 5.16 Å². The van der Waals surface area contributed by atoms with E-state index in [1.54, 1.807) is 12.4 Å². The summed E-state index contributed by atoms with van der Waals surface area (Å²) in [5.74, 6) is 0.180. The Kier molecular flexibility index (Phi) is 3.03. The second-order valence-corrected chi connectivity index (χ2v) is 5.18. The Bertz CT molecular complexity index is 846. The number of aromatic amines is 1. The first-order chi connectivity index (χ1) is 9.63. The quantitative estimate of drug-likeness (QED) is 0.487. The number of nitrogens with zero attached hydrogens (tertiary/aromatic N) is 2. The number of nitrogen functional groups attached to an aromatic ring is 2. The molecule has 0 saturated heterocycles. The van der Waals surface area contributed by atoms with E-state index >= 15 is 0 Å². The number of anilines is 2. The van der Waals surface area contributed by atoms with Crippen molar-refractivity contribution in [3.8, 4) is 0 Å². The molecule has 0 unspecified atom stereocenters. The topological polar surface area (TPSA) is 111 Å². The highest BCUT2D eigenvalue weighted by molar-refractivity contribution is 7.99. The van der Waals surface area contributed by atoms with E-state index in [1.165, 1.54) is 17.8 Å². The van der Waals surface area contributed by atoms with Crippen LogP contribution in [0.2, 0.25) is 0 Å². The number of nitrogens with one attached hydrogen (secondary N) is 1. The number of fused-ring (bicyclic) bond motifs is 1. The molecule has 0 aliphatic carbocycles. The molecule has 2 aromatic heterocycles. The highest BCUT2D eigenvalue weighted by atomic mass is 32.2. The van der Waals surface area contributed by atoms with Crippen LogP contribution in [0, 0.1) is 0 Å². The number of aromatic nitrogens is 3. The Morgan fingerprint density at radius 2 is 2.05 bits per heavy atom. The molecule has 3 aromatic rings. The molecule has 6 nitrogen and oxygen atoms in total. The van der Waals surface area contributed by atoms with Crippen molar-refractivity contribution in [2.75, 3.05) is 11.5 Å². The lowest BCUT2D eigenvalue weighted by Crippen LogP contribution is -2.09. The maximum Gasteiger partial charge on any atom is 0.253 e. The van der Waals surface area contributed by atoms with Crippen LogP contribution in [-0.4, -0.2) is 15.0 Å². The molecule has 0 spiro atoms. The van der Waals surface area contributed by atoms with Crippen LogP contribution in [0.1, 0.15) is 0 Å². The summed E-state index contributed by atoms with van der Waals surface area (Å²) >= 11 is 1.27. The van der Waals surface area contributed by atoms with E-state index in [4.69, 9.17) is 11.5 Å². The number of benzene rings is 1. The minimum Gasteiger partial charge on any atom is -0.397 e. The zero-order valence-corrected chi connectivity index (χ0v) is 11.1. The van der Waals surface area contributed by atoms with Crippen molar-refractivity contribution in [3.05, 3.63) is 47.0 Å². The third-order valence-corrected chi connectivity index (χ3v) is 3.73. The van der Waals surface area contributed by atoms with Gasteiger partial charge in [-0.15, -0.1) is 0 Å². The molecule has 20 heavy (non-hydrogen) atoms. The van der Waals surface area contributed by atoms with E-state index in [9.17, 15) is 4.79 Å². The van der Waals surface area contributed by atoms with Gasteiger partial charge in [0.25, 0.3) is 5.56 Å². The van der Waals surface area contributed by atoms with Gasteiger partial charge in [0, 0.05) is 34.1 Å². The van der Waals surface area contributed by atoms with Gasteiger partial charge < -0.3 is 16.5 Å². The summed E-state index contributed by atoms with van der Waals surface area (Å²) in [7, 11) is 0. The first-order valence-electron chi connectivity index (χ1n) is 5.80. The molecular weight excluding hydrogens is 274 g/mol. The van der Waals surface area contributed by atoms with Crippen LogP contribution in [0.15, 0.2) is 51.5 Å². The van der Waals surface area contributed by atoms with E-state index < -0.39 is 0 Å². The highest BCUT2D eigenvalue weighted by Gasteiger charge is 2.08. The Labute approximate surface area is 118 Å². The fourth-order valence-corrected chi connectivity index (χ4v) is 2.73. The lowest BCUT2D eigenvalue weighted by Gasteiger charge is -2.08. The average Bonchev–Trinajstić information content (AvgIpc) is 2.41. The van der Waals surface area contributed by atoms with Crippen LogP contribution < -0.4 is 17.0 Å². The number of hydrogen-bond acceptors (Lipinski definition) is 6. The summed E-state index contributed by atoms with van der Waals surface area (Å²) in [5.41, 5.74) is 12.0. The summed E-state index contributed by atoms with van der Waals surface area (Å²) in [4.78, 5) is 22.9. The van der Waals surface area contributed by atoms with Crippen molar-refractivity contribution in [3.63, 3.8) is 0 Å². The number of H-pyrrole nitrogens is 1. The number of rotatable bonds is 2. The first kappa shape index (κ1) is 12.5. The lowest BCUT2D eigenvalue weighted by molar-refractivity contribution is 0.945. The molecule has 0 aliphatic rings. The normalized spacial score (nSPS) is 10.8. The largest absolute Gasteiger partial charge is 0.397 e. The van der Waals surface area contributed by atoms with Crippen molar-refractivity contribution in [1.82, 2.24) is 15.0 Å². The Hall–Kier alpha value is -2.54. The Morgan fingerprint density at radius 1 is 1.20 bits per heavy atom. The van der Waals surface area contributed by atoms with Crippen molar-refractivity contribution in [1.29, 1.82) is 0 Å². The SMILES string of the molecule is Nc1cc(=O)[nH]c(Sc2ccc3cnccc3c2N)n1. The summed E-state index contributed by atoms with van der Waals surface area (Å²) in [6, 6.07) is 6.88. The van der Waals surface area contributed by atoms with E-state index in [0.717, 1.165) is 15.7 Å². The molecule has 1 aromatic carbocycles. The minimum atomic E-state index is -0.288. The van der Waals surface area contributed by atoms with Crippen LogP contribution in [0.5, 0.6) is 0 Å².